The Morgan fingerprint density at radius 3 is 2.90 bits per heavy atom. The van der Waals surface area contributed by atoms with Crippen molar-refractivity contribution in [2.45, 2.75) is 30.7 Å². The van der Waals surface area contributed by atoms with Crippen LogP contribution in [0.1, 0.15) is 29.2 Å². The molecular formula is C12H18N2O5S. The summed E-state index contributed by atoms with van der Waals surface area (Å²) >= 11 is 0. The number of rotatable bonds is 4. The van der Waals surface area contributed by atoms with E-state index in [2.05, 4.69) is 14.8 Å². The minimum Gasteiger partial charge on any atom is -0.463 e. The Balaban J connectivity index is 2.20. The topological polar surface area (TPSA) is 97.6 Å². The van der Waals surface area contributed by atoms with Gasteiger partial charge in [-0.1, -0.05) is 0 Å². The molecule has 1 aliphatic heterocycles. The summed E-state index contributed by atoms with van der Waals surface area (Å²) in [5, 5.41) is 3.13. The lowest BCUT2D eigenvalue weighted by Gasteiger charge is -2.23. The number of nitrogens with one attached hydrogen (secondary N) is 2. The van der Waals surface area contributed by atoms with Crippen molar-refractivity contribution in [1.82, 2.24) is 10.0 Å². The zero-order chi connectivity index (χ0) is 14.8. The van der Waals surface area contributed by atoms with E-state index in [9.17, 15) is 13.2 Å². The fraction of sp³-hybridized carbons (Fsp3) is 0.583. The van der Waals surface area contributed by atoms with Crippen molar-refractivity contribution in [2.24, 2.45) is 0 Å². The summed E-state index contributed by atoms with van der Waals surface area (Å²) in [6, 6.07) is 1.05. The molecule has 0 bridgehead atoms. The number of sulfonamides is 1. The first-order valence-corrected chi connectivity index (χ1v) is 7.84. The highest BCUT2D eigenvalue weighted by molar-refractivity contribution is 7.89. The van der Waals surface area contributed by atoms with Gasteiger partial charge in [0, 0.05) is 18.7 Å². The van der Waals surface area contributed by atoms with Gasteiger partial charge in [0.15, 0.2) is 0 Å². The second-order valence-electron chi connectivity index (χ2n) is 4.69. The van der Waals surface area contributed by atoms with E-state index in [4.69, 9.17) is 4.42 Å². The Labute approximate surface area is 117 Å². The number of esters is 1. The van der Waals surface area contributed by atoms with E-state index in [1.54, 1.807) is 0 Å². The van der Waals surface area contributed by atoms with Gasteiger partial charge in [-0.25, -0.2) is 17.9 Å². The van der Waals surface area contributed by atoms with Gasteiger partial charge in [-0.05, 0) is 26.3 Å². The van der Waals surface area contributed by atoms with Gasteiger partial charge in [0.25, 0.3) is 0 Å². The highest BCUT2D eigenvalue weighted by atomic mass is 32.2. The standard InChI is InChI=1S/C12H18N2O5S/c1-8-11(6-10(19-8)12(15)18-2)20(16,17)14-9-4-3-5-13-7-9/h6,9,13-14H,3-5,7H2,1-2H3. The summed E-state index contributed by atoms with van der Waals surface area (Å²) in [6.07, 6.45) is 1.71. The number of aryl methyl sites for hydroxylation is 1. The molecule has 1 aliphatic rings. The van der Waals surface area contributed by atoms with Crippen molar-refractivity contribution in [2.75, 3.05) is 20.2 Å². The predicted molar refractivity (Wildman–Crippen MR) is 71.0 cm³/mol. The Kier molecular flexibility index (Phi) is 4.46. The molecule has 1 atom stereocenters. The van der Waals surface area contributed by atoms with Crippen LogP contribution in [-0.2, 0) is 14.8 Å². The number of hydrogen-bond donors (Lipinski definition) is 2. The van der Waals surface area contributed by atoms with Crippen LogP contribution in [0.5, 0.6) is 0 Å². The van der Waals surface area contributed by atoms with E-state index in [1.807, 2.05) is 0 Å². The van der Waals surface area contributed by atoms with Gasteiger partial charge in [-0.2, -0.15) is 0 Å². The molecule has 20 heavy (non-hydrogen) atoms. The van der Waals surface area contributed by atoms with Crippen molar-refractivity contribution < 1.29 is 22.4 Å². The van der Waals surface area contributed by atoms with Gasteiger partial charge < -0.3 is 14.5 Å². The van der Waals surface area contributed by atoms with Crippen LogP contribution in [0.2, 0.25) is 0 Å². The number of carbonyl (C=O) groups is 1. The SMILES string of the molecule is COC(=O)c1cc(S(=O)(=O)NC2CCCNC2)c(C)o1. The number of methoxy groups -OCH3 is 1. The molecule has 8 heteroatoms. The number of carbonyl (C=O) groups excluding carboxylic acids is 1. The lowest BCUT2D eigenvalue weighted by molar-refractivity contribution is 0.0563. The van der Waals surface area contributed by atoms with E-state index >= 15 is 0 Å². The zero-order valence-corrected chi connectivity index (χ0v) is 12.2. The Morgan fingerprint density at radius 2 is 2.30 bits per heavy atom. The molecule has 0 amide bonds. The van der Waals surface area contributed by atoms with Crippen LogP contribution in [0.15, 0.2) is 15.4 Å². The van der Waals surface area contributed by atoms with Crippen molar-refractivity contribution in [3.05, 3.63) is 17.6 Å². The second kappa shape index (κ2) is 5.94. The Bertz CT molecular complexity index is 587. The summed E-state index contributed by atoms with van der Waals surface area (Å²) in [6.45, 7) is 3.00. The van der Waals surface area contributed by atoms with Gasteiger partial charge in [0.05, 0.1) is 7.11 Å². The Morgan fingerprint density at radius 1 is 1.55 bits per heavy atom. The molecule has 1 fully saturated rings. The molecule has 1 aromatic heterocycles. The fourth-order valence-corrected chi connectivity index (χ4v) is 3.62. The van der Waals surface area contributed by atoms with Crippen LogP contribution < -0.4 is 10.0 Å². The molecular weight excluding hydrogens is 284 g/mol. The minimum absolute atomic E-state index is 0.0246. The molecule has 0 aliphatic carbocycles. The molecule has 0 aromatic carbocycles. The lowest BCUT2D eigenvalue weighted by atomic mass is 10.1. The maximum atomic E-state index is 12.3. The molecule has 1 unspecified atom stereocenters. The van der Waals surface area contributed by atoms with E-state index in [0.717, 1.165) is 19.4 Å². The van der Waals surface area contributed by atoms with Gasteiger partial charge in [0.2, 0.25) is 15.8 Å². The van der Waals surface area contributed by atoms with E-state index in [0.29, 0.717) is 6.54 Å². The lowest BCUT2D eigenvalue weighted by Crippen LogP contribution is -2.45. The third-order valence-electron chi connectivity index (χ3n) is 3.17. The van der Waals surface area contributed by atoms with Crippen LogP contribution >= 0.6 is 0 Å². The van der Waals surface area contributed by atoms with Crippen molar-refractivity contribution in [1.29, 1.82) is 0 Å². The molecule has 1 saturated heterocycles. The maximum absolute atomic E-state index is 12.3. The average molecular weight is 302 g/mol. The predicted octanol–water partition coefficient (Wildman–Crippen LogP) is 0.405. The van der Waals surface area contributed by atoms with Crippen LogP contribution in [-0.4, -0.2) is 40.6 Å². The summed E-state index contributed by atoms with van der Waals surface area (Å²) in [4.78, 5) is 11.3. The zero-order valence-electron chi connectivity index (χ0n) is 11.4. The van der Waals surface area contributed by atoms with E-state index in [-0.39, 0.29) is 22.5 Å². The summed E-state index contributed by atoms with van der Waals surface area (Å²) in [5.74, 6) is -0.650. The monoisotopic (exact) mass is 302 g/mol. The largest absolute Gasteiger partial charge is 0.463 e. The van der Waals surface area contributed by atoms with E-state index < -0.39 is 16.0 Å². The van der Waals surface area contributed by atoms with Crippen molar-refractivity contribution in [3.8, 4) is 0 Å². The molecule has 2 rings (SSSR count). The van der Waals surface area contributed by atoms with Crippen molar-refractivity contribution >= 4 is 16.0 Å². The molecule has 2 N–H and O–H groups in total. The van der Waals surface area contributed by atoms with Crippen LogP contribution in [0.25, 0.3) is 0 Å². The molecule has 2 heterocycles. The molecule has 0 saturated carbocycles. The minimum atomic E-state index is -3.70. The highest BCUT2D eigenvalue weighted by Gasteiger charge is 2.27. The quantitative estimate of drug-likeness (QED) is 0.782. The van der Waals surface area contributed by atoms with Crippen LogP contribution in [0.4, 0.5) is 0 Å². The first-order valence-electron chi connectivity index (χ1n) is 6.36. The van der Waals surface area contributed by atoms with Gasteiger partial charge in [-0.15, -0.1) is 0 Å². The third kappa shape index (κ3) is 3.20. The Hall–Kier alpha value is -1.38. The average Bonchev–Trinajstić information content (AvgIpc) is 2.81. The van der Waals surface area contributed by atoms with Crippen molar-refractivity contribution in [3.63, 3.8) is 0 Å². The number of piperidine rings is 1. The number of furan rings is 1. The summed E-state index contributed by atoms with van der Waals surface area (Å²) in [5.41, 5.74) is 0. The maximum Gasteiger partial charge on any atom is 0.373 e. The van der Waals surface area contributed by atoms with Crippen LogP contribution in [0, 0.1) is 6.92 Å². The molecule has 112 valence electrons. The van der Waals surface area contributed by atoms with E-state index in [1.165, 1.54) is 20.1 Å². The molecule has 1 aromatic rings. The number of ether oxygens (including phenoxy) is 1. The smallest absolute Gasteiger partial charge is 0.373 e. The first kappa shape index (κ1) is 15.0. The van der Waals surface area contributed by atoms with Gasteiger partial charge >= 0.3 is 5.97 Å². The highest BCUT2D eigenvalue weighted by Crippen LogP contribution is 2.21. The molecule has 0 radical (unpaired) electrons. The molecule has 0 spiro atoms. The summed E-state index contributed by atoms with van der Waals surface area (Å²) < 4.78 is 36.9. The van der Waals surface area contributed by atoms with Gasteiger partial charge in [0.1, 0.15) is 10.7 Å². The normalized spacial score (nSPS) is 19.8. The van der Waals surface area contributed by atoms with Gasteiger partial charge in [-0.3, -0.25) is 0 Å². The summed E-state index contributed by atoms with van der Waals surface area (Å²) in [7, 11) is -2.49. The molecule has 7 nitrogen and oxygen atoms in total. The first-order chi connectivity index (χ1) is 9.44. The third-order valence-corrected chi connectivity index (χ3v) is 4.79. The number of hydrogen-bond acceptors (Lipinski definition) is 6. The second-order valence-corrected chi connectivity index (χ2v) is 6.37. The van der Waals surface area contributed by atoms with Crippen LogP contribution in [0.3, 0.4) is 0 Å². The fourth-order valence-electron chi connectivity index (χ4n) is 2.17.